The summed E-state index contributed by atoms with van der Waals surface area (Å²) in [6, 6.07) is 13.8. The van der Waals surface area contributed by atoms with Crippen LogP contribution in [-0.2, 0) is 6.54 Å². The zero-order chi connectivity index (χ0) is 19.9. The van der Waals surface area contributed by atoms with E-state index >= 15 is 0 Å². The van der Waals surface area contributed by atoms with Gasteiger partial charge in [-0.2, -0.15) is 0 Å². The van der Waals surface area contributed by atoms with Crippen molar-refractivity contribution in [2.24, 2.45) is 4.99 Å². The van der Waals surface area contributed by atoms with Gasteiger partial charge in [0.05, 0.1) is 5.69 Å². The van der Waals surface area contributed by atoms with Crippen molar-refractivity contribution in [1.82, 2.24) is 15.3 Å². The van der Waals surface area contributed by atoms with Gasteiger partial charge in [-0.25, -0.2) is 9.97 Å². The summed E-state index contributed by atoms with van der Waals surface area (Å²) < 4.78 is 0. The van der Waals surface area contributed by atoms with Crippen molar-refractivity contribution in [1.29, 1.82) is 0 Å². The van der Waals surface area contributed by atoms with Gasteiger partial charge in [-0.15, -0.1) is 11.3 Å². The molecule has 2 N–H and O–H groups in total. The van der Waals surface area contributed by atoms with Gasteiger partial charge < -0.3 is 15.5 Å². The Morgan fingerprint density at radius 2 is 1.93 bits per heavy atom. The number of hydrogen-bond acceptors (Lipinski definition) is 5. The molecule has 0 unspecified atom stereocenters. The number of nitrogens with zero attached hydrogens (tertiary/aromatic N) is 4. The van der Waals surface area contributed by atoms with E-state index in [1.165, 1.54) is 16.9 Å². The summed E-state index contributed by atoms with van der Waals surface area (Å²) in [7, 11) is 3.76. The molecule has 3 aromatic rings. The van der Waals surface area contributed by atoms with Crippen molar-refractivity contribution in [2.75, 3.05) is 30.9 Å². The first-order valence-corrected chi connectivity index (χ1v) is 10.2. The first-order valence-electron chi connectivity index (χ1n) is 8.95. The van der Waals surface area contributed by atoms with Crippen LogP contribution in [0.15, 0.2) is 52.8 Å². The van der Waals surface area contributed by atoms with Gasteiger partial charge in [-0.3, -0.25) is 4.99 Å². The fraction of sp³-hybridized carbons (Fsp3) is 0.250. The van der Waals surface area contributed by atoms with Crippen molar-refractivity contribution in [2.45, 2.75) is 13.5 Å². The largest absolute Gasteiger partial charge is 0.356 e. The molecule has 0 saturated heterocycles. The molecule has 0 fully saturated rings. The fourth-order valence-electron chi connectivity index (χ4n) is 2.62. The average Bonchev–Trinajstić information content (AvgIpc) is 3.18. The summed E-state index contributed by atoms with van der Waals surface area (Å²) in [5, 5.41) is 9.86. The van der Waals surface area contributed by atoms with Crippen molar-refractivity contribution >= 4 is 39.8 Å². The number of hydrogen-bond donors (Lipinski definition) is 2. The quantitative estimate of drug-likeness (QED) is 0.459. The zero-order valence-corrected chi connectivity index (χ0v) is 17.7. The Labute approximate surface area is 174 Å². The molecule has 2 aromatic heterocycles. The molecule has 0 atom stereocenters. The number of pyridine rings is 1. The Balaban J connectivity index is 1.73. The molecule has 0 aliphatic rings. The van der Waals surface area contributed by atoms with Gasteiger partial charge in [0, 0.05) is 37.6 Å². The summed E-state index contributed by atoms with van der Waals surface area (Å²) in [5.41, 5.74) is 2.85. The minimum absolute atomic E-state index is 0.702. The first-order chi connectivity index (χ1) is 13.6. The van der Waals surface area contributed by atoms with Crippen LogP contribution < -0.4 is 15.5 Å². The van der Waals surface area contributed by atoms with Gasteiger partial charge in [0.15, 0.2) is 11.1 Å². The monoisotopic (exact) mass is 414 g/mol. The van der Waals surface area contributed by atoms with Crippen LogP contribution in [0.25, 0.3) is 11.4 Å². The summed E-state index contributed by atoms with van der Waals surface area (Å²) in [4.78, 5) is 15.7. The van der Waals surface area contributed by atoms with E-state index in [1.807, 2.05) is 61.8 Å². The molecule has 2 heterocycles. The molecule has 0 amide bonds. The van der Waals surface area contributed by atoms with E-state index in [4.69, 9.17) is 16.6 Å². The minimum atomic E-state index is 0.702. The number of rotatable bonds is 6. The summed E-state index contributed by atoms with van der Waals surface area (Å²) in [6.45, 7) is 3.56. The zero-order valence-electron chi connectivity index (χ0n) is 16.1. The second-order valence-corrected chi connectivity index (χ2v) is 7.42. The number of guanidine groups is 1. The Hall–Kier alpha value is -2.64. The van der Waals surface area contributed by atoms with Crippen molar-refractivity contribution in [3.05, 3.63) is 58.4 Å². The van der Waals surface area contributed by atoms with Crippen molar-refractivity contribution < 1.29 is 0 Å². The third-order valence-electron chi connectivity index (χ3n) is 4.02. The van der Waals surface area contributed by atoms with Gasteiger partial charge in [-0.1, -0.05) is 29.8 Å². The van der Waals surface area contributed by atoms with Gasteiger partial charge in [-0.05, 0) is 36.8 Å². The topological polar surface area (TPSA) is 65.4 Å². The number of aromatic nitrogens is 2. The number of halogens is 1. The molecule has 8 heteroatoms. The van der Waals surface area contributed by atoms with Crippen LogP contribution >= 0.6 is 22.9 Å². The van der Waals surface area contributed by atoms with Crippen molar-refractivity contribution in [3.63, 3.8) is 0 Å². The predicted octanol–water partition coefficient (Wildman–Crippen LogP) is 4.50. The van der Waals surface area contributed by atoms with Crippen molar-refractivity contribution in [3.8, 4) is 11.4 Å². The van der Waals surface area contributed by atoms with Gasteiger partial charge in [0.2, 0.25) is 0 Å². The molecule has 0 bridgehead atoms. The molecule has 1 aromatic carbocycles. The summed E-state index contributed by atoms with van der Waals surface area (Å²) in [5.74, 6) is 1.59. The lowest BCUT2D eigenvalue weighted by molar-refractivity contribution is 0.899. The van der Waals surface area contributed by atoms with Crippen LogP contribution in [0.4, 0.5) is 10.9 Å². The van der Waals surface area contributed by atoms with E-state index in [9.17, 15) is 0 Å². The third kappa shape index (κ3) is 5.21. The van der Waals surface area contributed by atoms with E-state index in [-0.39, 0.29) is 0 Å². The maximum absolute atomic E-state index is 5.97. The van der Waals surface area contributed by atoms with E-state index < -0.39 is 0 Å². The predicted molar refractivity (Wildman–Crippen MR) is 120 cm³/mol. The molecule has 0 aliphatic carbocycles. The number of thiazole rings is 1. The highest BCUT2D eigenvalue weighted by Crippen LogP contribution is 2.25. The standard InChI is InChI=1S/C20H23ClN6S/c1-4-23-19(22-2)26-20-25-17(13-28-20)16-6-5-7-18(24-16)27(3)12-14-8-10-15(21)11-9-14/h5-11,13H,4,12H2,1-3H3,(H2,22,23,25,26). The smallest absolute Gasteiger partial charge is 0.197 e. The number of anilines is 2. The maximum Gasteiger partial charge on any atom is 0.197 e. The van der Waals surface area contributed by atoms with Gasteiger partial charge in [0.25, 0.3) is 0 Å². The molecule has 0 spiro atoms. The second kappa shape index (κ2) is 9.52. The summed E-state index contributed by atoms with van der Waals surface area (Å²) in [6.07, 6.45) is 0. The molecular formula is C20H23ClN6S. The lowest BCUT2D eigenvalue weighted by Crippen LogP contribution is -2.30. The van der Waals surface area contributed by atoms with Gasteiger partial charge in [0.1, 0.15) is 11.5 Å². The van der Waals surface area contributed by atoms with Crippen LogP contribution in [0.2, 0.25) is 5.02 Å². The summed E-state index contributed by atoms with van der Waals surface area (Å²) >= 11 is 7.49. The lowest BCUT2D eigenvalue weighted by atomic mass is 10.2. The Kier molecular flexibility index (Phi) is 6.84. The van der Waals surface area contributed by atoms with Gasteiger partial charge >= 0.3 is 0 Å². The van der Waals surface area contributed by atoms with Crippen LogP contribution in [0, 0.1) is 0 Å². The van der Waals surface area contributed by atoms with Crippen LogP contribution in [0.5, 0.6) is 0 Å². The van der Waals surface area contributed by atoms with Crippen LogP contribution in [0.3, 0.4) is 0 Å². The molecule has 3 rings (SSSR count). The van der Waals surface area contributed by atoms with E-state index in [0.717, 1.165) is 40.4 Å². The molecular weight excluding hydrogens is 392 g/mol. The number of aliphatic imine (C=N–C) groups is 1. The van der Waals surface area contributed by atoms with Crippen LogP contribution in [-0.4, -0.2) is 36.6 Å². The van der Waals surface area contributed by atoms with E-state index in [1.54, 1.807) is 7.05 Å². The molecule has 0 saturated carbocycles. The highest BCUT2D eigenvalue weighted by atomic mass is 35.5. The Morgan fingerprint density at radius 3 is 2.64 bits per heavy atom. The highest BCUT2D eigenvalue weighted by Gasteiger charge is 2.10. The minimum Gasteiger partial charge on any atom is -0.356 e. The molecule has 6 nitrogen and oxygen atoms in total. The maximum atomic E-state index is 5.97. The first kappa shape index (κ1) is 20.1. The third-order valence-corrected chi connectivity index (χ3v) is 5.03. The Morgan fingerprint density at radius 1 is 1.14 bits per heavy atom. The Bertz CT molecular complexity index is 938. The van der Waals surface area contributed by atoms with Crippen LogP contribution in [0.1, 0.15) is 12.5 Å². The fourth-order valence-corrected chi connectivity index (χ4v) is 3.45. The van der Waals surface area contributed by atoms with E-state index in [2.05, 4.69) is 25.5 Å². The normalized spacial score (nSPS) is 11.4. The second-order valence-electron chi connectivity index (χ2n) is 6.13. The number of benzene rings is 1. The molecule has 146 valence electrons. The molecule has 0 radical (unpaired) electrons. The SMILES string of the molecule is CCNC(=NC)Nc1nc(-c2cccc(N(C)Cc3ccc(Cl)cc3)n2)cs1. The number of nitrogens with one attached hydrogen (secondary N) is 2. The highest BCUT2D eigenvalue weighted by molar-refractivity contribution is 7.14. The molecule has 28 heavy (non-hydrogen) atoms. The average molecular weight is 415 g/mol. The lowest BCUT2D eigenvalue weighted by Gasteiger charge is -2.18. The molecule has 0 aliphatic heterocycles. The van der Waals surface area contributed by atoms with E-state index in [0.29, 0.717) is 5.96 Å².